The average molecular weight is 366 g/mol. The van der Waals surface area contributed by atoms with E-state index in [-0.39, 0.29) is 5.91 Å². The van der Waals surface area contributed by atoms with Crippen molar-refractivity contribution in [2.45, 2.75) is 19.9 Å². The van der Waals surface area contributed by atoms with Crippen LogP contribution in [0.3, 0.4) is 0 Å². The van der Waals surface area contributed by atoms with Crippen molar-refractivity contribution in [3.05, 3.63) is 102 Å². The standard InChI is InChI=1S/C25H22N2O/c1-2-18-8-10-20(11-9-18)25(28)27-16-21-12-13-22(19-6-4-3-5-7-19)23-14-15-26-17-24(21)23/h3-15,17H,2,16H2,1H3,(H,27,28). The largest absolute Gasteiger partial charge is 0.348 e. The summed E-state index contributed by atoms with van der Waals surface area (Å²) in [6.45, 7) is 2.57. The molecule has 1 N–H and O–H groups in total. The molecule has 1 amide bonds. The maximum Gasteiger partial charge on any atom is 0.251 e. The number of hydrogen-bond acceptors (Lipinski definition) is 2. The van der Waals surface area contributed by atoms with Gasteiger partial charge in [-0.2, -0.15) is 0 Å². The second-order valence-electron chi connectivity index (χ2n) is 6.79. The summed E-state index contributed by atoms with van der Waals surface area (Å²) in [6.07, 6.45) is 4.65. The first-order valence-corrected chi connectivity index (χ1v) is 9.54. The topological polar surface area (TPSA) is 42.0 Å². The second kappa shape index (κ2) is 8.05. The maximum atomic E-state index is 12.5. The van der Waals surface area contributed by atoms with E-state index >= 15 is 0 Å². The van der Waals surface area contributed by atoms with Crippen LogP contribution in [0.2, 0.25) is 0 Å². The molecule has 3 aromatic carbocycles. The van der Waals surface area contributed by atoms with Gasteiger partial charge < -0.3 is 5.32 Å². The van der Waals surface area contributed by atoms with E-state index in [4.69, 9.17) is 0 Å². The van der Waals surface area contributed by atoms with Gasteiger partial charge in [0.15, 0.2) is 0 Å². The van der Waals surface area contributed by atoms with Gasteiger partial charge in [0.25, 0.3) is 5.91 Å². The van der Waals surface area contributed by atoms with Gasteiger partial charge >= 0.3 is 0 Å². The first kappa shape index (κ1) is 17.9. The molecule has 3 nitrogen and oxygen atoms in total. The van der Waals surface area contributed by atoms with Gasteiger partial charge in [-0.15, -0.1) is 0 Å². The molecule has 28 heavy (non-hydrogen) atoms. The van der Waals surface area contributed by atoms with E-state index in [1.165, 1.54) is 16.7 Å². The zero-order chi connectivity index (χ0) is 19.3. The van der Waals surface area contributed by atoms with E-state index in [2.05, 4.69) is 41.5 Å². The number of aromatic nitrogens is 1. The quantitative estimate of drug-likeness (QED) is 0.514. The molecular weight excluding hydrogens is 344 g/mol. The van der Waals surface area contributed by atoms with Crippen LogP contribution in [0.15, 0.2) is 85.2 Å². The molecular formula is C25H22N2O. The smallest absolute Gasteiger partial charge is 0.251 e. The Balaban J connectivity index is 1.60. The fraction of sp³-hybridized carbons (Fsp3) is 0.120. The zero-order valence-electron chi connectivity index (χ0n) is 15.9. The molecule has 0 radical (unpaired) electrons. The van der Waals surface area contributed by atoms with Crippen molar-refractivity contribution in [2.24, 2.45) is 0 Å². The third-order valence-electron chi connectivity index (χ3n) is 5.06. The number of rotatable bonds is 5. The normalized spacial score (nSPS) is 10.8. The molecule has 0 saturated heterocycles. The number of nitrogens with one attached hydrogen (secondary N) is 1. The van der Waals surface area contributed by atoms with Crippen LogP contribution in [0.1, 0.15) is 28.4 Å². The summed E-state index contributed by atoms with van der Waals surface area (Å²) in [5, 5.41) is 5.24. The molecule has 138 valence electrons. The number of pyridine rings is 1. The van der Waals surface area contributed by atoms with E-state index < -0.39 is 0 Å². The summed E-state index contributed by atoms with van der Waals surface area (Å²) in [4.78, 5) is 16.8. The molecule has 0 bridgehead atoms. The Bertz CT molecular complexity index is 1100. The summed E-state index contributed by atoms with van der Waals surface area (Å²) >= 11 is 0. The number of aryl methyl sites for hydroxylation is 1. The predicted molar refractivity (Wildman–Crippen MR) is 114 cm³/mol. The van der Waals surface area contributed by atoms with Crippen molar-refractivity contribution < 1.29 is 4.79 Å². The van der Waals surface area contributed by atoms with Gasteiger partial charge in [-0.1, -0.05) is 61.5 Å². The van der Waals surface area contributed by atoms with Crippen molar-refractivity contribution in [1.29, 1.82) is 0 Å². The lowest BCUT2D eigenvalue weighted by Gasteiger charge is -2.12. The van der Waals surface area contributed by atoms with Crippen LogP contribution in [0.25, 0.3) is 21.9 Å². The summed E-state index contributed by atoms with van der Waals surface area (Å²) in [5.41, 5.74) is 5.31. The average Bonchev–Trinajstić information content (AvgIpc) is 2.78. The van der Waals surface area contributed by atoms with Crippen LogP contribution in [-0.2, 0) is 13.0 Å². The first-order chi connectivity index (χ1) is 13.8. The lowest BCUT2D eigenvalue weighted by molar-refractivity contribution is 0.0951. The molecule has 3 heteroatoms. The highest BCUT2D eigenvalue weighted by Gasteiger charge is 2.10. The Morgan fingerprint density at radius 2 is 1.68 bits per heavy atom. The van der Waals surface area contributed by atoms with E-state index in [1.807, 2.05) is 60.9 Å². The maximum absolute atomic E-state index is 12.5. The lowest BCUT2D eigenvalue weighted by atomic mass is 9.96. The minimum absolute atomic E-state index is 0.0631. The third kappa shape index (κ3) is 3.65. The second-order valence-corrected chi connectivity index (χ2v) is 6.79. The predicted octanol–water partition coefficient (Wildman–Crippen LogP) is 5.39. The fourth-order valence-corrected chi connectivity index (χ4v) is 3.44. The first-order valence-electron chi connectivity index (χ1n) is 9.54. The Morgan fingerprint density at radius 3 is 2.43 bits per heavy atom. The summed E-state index contributed by atoms with van der Waals surface area (Å²) in [7, 11) is 0. The molecule has 0 aliphatic rings. The summed E-state index contributed by atoms with van der Waals surface area (Å²) in [5.74, 6) is -0.0631. The van der Waals surface area contributed by atoms with Gasteiger partial charge in [0.05, 0.1) is 0 Å². The number of nitrogens with zero attached hydrogens (tertiary/aromatic N) is 1. The summed E-state index contributed by atoms with van der Waals surface area (Å²) in [6, 6.07) is 24.3. The van der Waals surface area contributed by atoms with Crippen LogP contribution in [0.5, 0.6) is 0 Å². The molecule has 1 aromatic heterocycles. The van der Waals surface area contributed by atoms with Crippen LogP contribution >= 0.6 is 0 Å². The highest BCUT2D eigenvalue weighted by Crippen LogP contribution is 2.30. The number of carbonyl (C=O) groups is 1. The van der Waals surface area contributed by atoms with Crippen LogP contribution in [0, 0.1) is 0 Å². The van der Waals surface area contributed by atoms with Crippen molar-refractivity contribution in [3.8, 4) is 11.1 Å². The Morgan fingerprint density at radius 1 is 0.893 bits per heavy atom. The van der Waals surface area contributed by atoms with E-state index in [0.29, 0.717) is 12.1 Å². The molecule has 0 aliphatic carbocycles. The minimum atomic E-state index is -0.0631. The van der Waals surface area contributed by atoms with Gasteiger partial charge in [0, 0.05) is 29.9 Å². The molecule has 1 heterocycles. The number of benzene rings is 3. The van der Waals surface area contributed by atoms with E-state index in [9.17, 15) is 4.79 Å². The minimum Gasteiger partial charge on any atom is -0.348 e. The van der Waals surface area contributed by atoms with Crippen molar-refractivity contribution in [1.82, 2.24) is 10.3 Å². The fourth-order valence-electron chi connectivity index (χ4n) is 3.44. The highest BCUT2D eigenvalue weighted by atomic mass is 16.1. The van der Waals surface area contributed by atoms with Gasteiger partial charge in [-0.25, -0.2) is 0 Å². The number of hydrogen-bond donors (Lipinski definition) is 1. The molecule has 4 rings (SSSR count). The molecule has 0 saturated carbocycles. The van der Waals surface area contributed by atoms with Gasteiger partial charge in [0.1, 0.15) is 0 Å². The SMILES string of the molecule is CCc1ccc(C(=O)NCc2ccc(-c3ccccc3)c3ccncc23)cc1. The van der Waals surface area contributed by atoms with Crippen LogP contribution in [-0.4, -0.2) is 10.9 Å². The zero-order valence-corrected chi connectivity index (χ0v) is 15.9. The van der Waals surface area contributed by atoms with Gasteiger partial charge in [-0.3, -0.25) is 9.78 Å². The summed E-state index contributed by atoms with van der Waals surface area (Å²) < 4.78 is 0. The molecule has 4 aromatic rings. The Hall–Kier alpha value is -3.46. The molecule has 0 atom stereocenters. The molecule has 0 aliphatic heterocycles. The Labute approximate surface area is 165 Å². The Kier molecular flexibility index (Phi) is 5.16. The molecule has 0 spiro atoms. The third-order valence-corrected chi connectivity index (χ3v) is 5.06. The van der Waals surface area contributed by atoms with Crippen LogP contribution < -0.4 is 5.32 Å². The highest BCUT2D eigenvalue weighted by molar-refractivity contribution is 5.98. The number of carbonyl (C=O) groups excluding carboxylic acids is 1. The van der Waals surface area contributed by atoms with Gasteiger partial charge in [-0.05, 0) is 52.3 Å². The lowest BCUT2D eigenvalue weighted by Crippen LogP contribution is -2.22. The van der Waals surface area contributed by atoms with E-state index in [0.717, 1.165) is 22.8 Å². The van der Waals surface area contributed by atoms with E-state index in [1.54, 1.807) is 0 Å². The molecule has 0 fully saturated rings. The number of fused-ring (bicyclic) bond motifs is 1. The van der Waals surface area contributed by atoms with Crippen molar-refractivity contribution >= 4 is 16.7 Å². The van der Waals surface area contributed by atoms with Gasteiger partial charge in [0.2, 0.25) is 0 Å². The van der Waals surface area contributed by atoms with Crippen LogP contribution in [0.4, 0.5) is 0 Å². The number of amides is 1. The van der Waals surface area contributed by atoms with Crippen molar-refractivity contribution in [2.75, 3.05) is 0 Å². The van der Waals surface area contributed by atoms with Crippen molar-refractivity contribution in [3.63, 3.8) is 0 Å². The molecule has 0 unspecified atom stereocenters. The monoisotopic (exact) mass is 366 g/mol.